The van der Waals surface area contributed by atoms with E-state index in [0.717, 1.165) is 34.0 Å². The number of nitrogen functional groups attached to an aromatic ring is 1. The Kier molecular flexibility index (Phi) is 2.23. The quantitative estimate of drug-likeness (QED) is 0.758. The van der Waals surface area contributed by atoms with E-state index in [1.54, 1.807) is 12.5 Å². The number of pyridine rings is 1. The molecular weight excluding hydrogens is 254 g/mol. The summed E-state index contributed by atoms with van der Waals surface area (Å²) in [4.78, 5) is 8.66. The Balaban J connectivity index is 1.96. The number of nitrogens with one attached hydrogen (secondary N) is 1. The Morgan fingerprint density at radius 2 is 2.20 bits per heavy atom. The molecule has 1 aliphatic heterocycles. The maximum atomic E-state index is 6.11. The van der Waals surface area contributed by atoms with Gasteiger partial charge in [0, 0.05) is 11.8 Å². The molecule has 0 atom stereocenters. The van der Waals surface area contributed by atoms with Crippen LogP contribution in [0.1, 0.15) is 5.56 Å². The van der Waals surface area contributed by atoms with Crippen molar-refractivity contribution in [3.63, 3.8) is 0 Å². The van der Waals surface area contributed by atoms with Crippen molar-refractivity contribution < 1.29 is 4.42 Å². The van der Waals surface area contributed by atoms with Crippen molar-refractivity contribution in [1.82, 2.24) is 15.2 Å². The smallest absolute Gasteiger partial charge is 0.134 e. The zero-order valence-electron chi connectivity index (χ0n) is 10.5. The zero-order chi connectivity index (χ0) is 13.5. The van der Waals surface area contributed by atoms with Crippen LogP contribution in [0, 0.1) is 0 Å². The van der Waals surface area contributed by atoms with Gasteiger partial charge < -0.3 is 10.2 Å². The molecule has 6 nitrogen and oxygen atoms in total. The van der Waals surface area contributed by atoms with Crippen LogP contribution in [-0.4, -0.2) is 27.4 Å². The fraction of sp³-hybridized carbons (Fsp3) is 0.0714. The Morgan fingerprint density at radius 1 is 1.30 bits per heavy atom. The molecule has 3 N–H and O–H groups in total. The number of hydrogen-bond acceptors (Lipinski definition) is 5. The molecular formula is C14H11N5O. The molecule has 0 amide bonds. The lowest BCUT2D eigenvalue weighted by Gasteiger charge is -2.09. The van der Waals surface area contributed by atoms with E-state index < -0.39 is 0 Å². The normalized spacial score (nSPS) is 13.3. The summed E-state index contributed by atoms with van der Waals surface area (Å²) < 4.78 is 5.50. The van der Waals surface area contributed by atoms with Crippen LogP contribution in [0.5, 0.6) is 0 Å². The van der Waals surface area contributed by atoms with Gasteiger partial charge in [0.2, 0.25) is 0 Å². The van der Waals surface area contributed by atoms with Crippen molar-refractivity contribution in [1.29, 1.82) is 0 Å². The number of aliphatic imine (C=N–C) groups is 1. The molecule has 0 fully saturated rings. The monoisotopic (exact) mass is 265 g/mol. The molecule has 3 aromatic rings. The van der Waals surface area contributed by atoms with Crippen LogP contribution in [-0.2, 0) is 0 Å². The third-order valence-corrected chi connectivity index (χ3v) is 3.22. The van der Waals surface area contributed by atoms with E-state index in [-0.39, 0.29) is 0 Å². The molecule has 1 aliphatic rings. The van der Waals surface area contributed by atoms with Gasteiger partial charge in [0.05, 0.1) is 35.5 Å². The standard InChI is InChI=1S/C14H11N5O/c15-14-13(11-7-16-11)8(12-2-1-5-20-12)6-10(18-14)9-3-4-17-19-9/h1-6H,7H2,(H2,15,18)(H,17,19). The van der Waals surface area contributed by atoms with Crippen molar-refractivity contribution >= 4 is 11.5 Å². The van der Waals surface area contributed by atoms with E-state index in [4.69, 9.17) is 10.2 Å². The minimum Gasteiger partial charge on any atom is -0.464 e. The fourth-order valence-electron chi connectivity index (χ4n) is 2.23. The van der Waals surface area contributed by atoms with Gasteiger partial charge in [-0.2, -0.15) is 5.10 Å². The van der Waals surface area contributed by atoms with E-state index >= 15 is 0 Å². The molecule has 0 saturated carbocycles. The molecule has 0 aromatic carbocycles. The van der Waals surface area contributed by atoms with Crippen molar-refractivity contribution in [2.24, 2.45) is 4.99 Å². The molecule has 0 bridgehead atoms. The average Bonchev–Trinajstić information content (AvgIpc) is 2.98. The number of aromatic nitrogens is 3. The minimum absolute atomic E-state index is 0.458. The summed E-state index contributed by atoms with van der Waals surface area (Å²) in [7, 11) is 0. The first-order valence-electron chi connectivity index (χ1n) is 6.21. The first-order chi connectivity index (χ1) is 9.83. The molecule has 0 unspecified atom stereocenters. The highest BCUT2D eigenvalue weighted by molar-refractivity contribution is 6.17. The van der Waals surface area contributed by atoms with Crippen LogP contribution in [0.3, 0.4) is 0 Å². The van der Waals surface area contributed by atoms with Gasteiger partial charge in [-0.1, -0.05) is 0 Å². The number of anilines is 1. The minimum atomic E-state index is 0.458. The van der Waals surface area contributed by atoms with Crippen molar-refractivity contribution in [2.75, 3.05) is 12.3 Å². The topological polar surface area (TPSA) is 93.1 Å². The van der Waals surface area contributed by atoms with Gasteiger partial charge in [-0.15, -0.1) is 0 Å². The van der Waals surface area contributed by atoms with Crippen molar-refractivity contribution in [3.8, 4) is 22.7 Å². The number of nitrogens with two attached hydrogens (primary N) is 1. The highest BCUT2D eigenvalue weighted by Crippen LogP contribution is 2.33. The van der Waals surface area contributed by atoms with Crippen LogP contribution < -0.4 is 5.73 Å². The first kappa shape index (κ1) is 11.0. The van der Waals surface area contributed by atoms with E-state index in [1.165, 1.54) is 0 Å². The Morgan fingerprint density at radius 3 is 2.85 bits per heavy atom. The molecule has 98 valence electrons. The summed E-state index contributed by atoms with van der Waals surface area (Å²) in [5.41, 5.74) is 10.4. The summed E-state index contributed by atoms with van der Waals surface area (Å²) in [5.74, 6) is 1.21. The highest BCUT2D eigenvalue weighted by Gasteiger charge is 2.24. The molecule has 3 aromatic heterocycles. The van der Waals surface area contributed by atoms with Crippen LogP contribution in [0.4, 0.5) is 5.82 Å². The number of nitrogens with zero attached hydrogens (tertiary/aromatic N) is 3. The Labute approximate surface area is 114 Å². The molecule has 0 spiro atoms. The summed E-state index contributed by atoms with van der Waals surface area (Å²) >= 11 is 0. The number of rotatable bonds is 3. The van der Waals surface area contributed by atoms with Gasteiger partial charge in [-0.3, -0.25) is 10.1 Å². The summed E-state index contributed by atoms with van der Waals surface area (Å²) in [6.45, 7) is 0.711. The summed E-state index contributed by atoms with van der Waals surface area (Å²) in [5, 5.41) is 6.83. The third-order valence-electron chi connectivity index (χ3n) is 3.22. The lowest BCUT2D eigenvalue weighted by atomic mass is 10.0. The molecule has 20 heavy (non-hydrogen) atoms. The fourth-order valence-corrected chi connectivity index (χ4v) is 2.23. The van der Waals surface area contributed by atoms with E-state index in [2.05, 4.69) is 20.2 Å². The number of H-pyrrole nitrogens is 1. The van der Waals surface area contributed by atoms with Crippen LogP contribution in [0.15, 0.2) is 46.1 Å². The molecule has 6 heteroatoms. The second-order valence-electron chi connectivity index (χ2n) is 4.53. The third kappa shape index (κ3) is 1.70. The molecule has 4 heterocycles. The van der Waals surface area contributed by atoms with Gasteiger partial charge >= 0.3 is 0 Å². The maximum absolute atomic E-state index is 6.11. The maximum Gasteiger partial charge on any atom is 0.134 e. The second kappa shape index (κ2) is 4.06. The largest absolute Gasteiger partial charge is 0.464 e. The van der Waals surface area contributed by atoms with Crippen molar-refractivity contribution in [2.45, 2.75) is 0 Å². The van der Waals surface area contributed by atoms with Gasteiger partial charge in [0.15, 0.2) is 0 Å². The predicted molar refractivity (Wildman–Crippen MR) is 75.3 cm³/mol. The van der Waals surface area contributed by atoms with Crippen LogP contribution in [0.25, 0.3) is 22.7 Å². The van der Waals surface area contributed by atoms with Crippen LogP contribution >= 0.6 is 0 Å². The molecule has 4 rings (SSSR count). The van der Waals surface area contributed by atoms with Crippen molar-refractivity contribution in [3.05, 3.63) is 42.3 Å². The molecule has 0 aliphatic carbocycles. The highest BCUT2D eigenvalue weighted by atomic mass is 16.3. The van der Waals surface area contributed by atoms with Gasteiger partial charge in [0.1, 0.15) is 11.6 Å². The molecule has 0 radical (unpaired) electrons. The van der Waals surface area contributed by atoms with Gasteiger partial charge in [-0.25, -0.2) is 4.98 Å². The summed E-state index contributed by atoms with van der Waals surface area (Å²) in [6.07, 6.45) is 3.32. The van der Waals surface area contributed by atoms with Crippen LogP contribution in [0.2, 0.25) is 0 Å². The SMILES string of the molecule is Nc1nc(-c2ccn[nH]2)cc(-c2ccco2)c1C1=NC1. The number of hydrogen-bond donors (Lipinski definition) is 2. The van der Waals surface area contributed by atoms with E-state index in [0.29, 0.717) is 12.4 Å². The van der Waals surface area contributed by atoms with E-state index in [1.807, 2.05) is 24.3 Å². The first-order valence-corrected chi connectivity index (χ1v) is 6.21. The lowest BCUT2D eigenvalue weighted by molar-refractivity contribution is 0.582. The summed E-state index contributed by atoms with van der Waals surface area (Å²) in [6, 6.07) is 7.54. The van der Waals surface area contributed by atoms with Gasteiger partial charge in [-0.05, 0) is 24.3 Å². The van der Waals surface area contributed by atoms with Gasteiger partial charge in [0.25, 0.3) is 0 Å². The average molecular weight is 265 g/mol. The Bertz CT molecular complexity index is 787. The predicted octanol–water partition coefficient (Wildman–Crippen LogP) is 2.12. The Hall–Kier alpha value is -2.89. The molecule has 0 saturated heterocycles. The number of furan rings is 1. The number of aromatic amines is 1. The van der Waals surface area contributed by atoms with E-state index in [9.17, 15) is 0 Å². The second-order valence-corrected chi connectivity index (χ2v) is 4.53. The zero-order valence-corrected chi connectivity index (χ0v) is 10.5. The lowest BCUT2D eigenvalue weighted by Crippen LogP contribution is -2.04.